The van der Waals surface area contributed by atoms with Gasteiger partial charge in [0.05, 0.1) is 11.6 Å². The number of benzene rings is 3. The standard InChI is InChI=1S/C22H22N2O2/c25-22(16-6-2-1-3-7-16)15-23-12-13-26-17-10-11-19-18-8-4-5-9-20(18)24-21(19)14-17/h1-11,14,22-25H,12-13,15H2. The first-order valence-corrected chi connectivity index (χ1v) is 8.88. The SMILES string of the molecule is OC(CNCCOc1ccc2c(c1)[nH]c1ccccc12)c1ccccc1. The first kappa shape index (κ1) is 16.6. The maximum atomic E-state index is 10.1. The first-order chi connectivity index (χ1) is 12.8. The Morgan fingerprint density at radius 3 is 2.54 bits per heavy atom. The van der Waals surface area contributed by atoms with Gasteiger partial charge >= 0.3 is 0 Å². The van der Waals surface area contributed by atoms with E-state index in [2.05, 4.69) is 34.6 Å². The van der Waals surface area contributed by atoms with Crippen molar-refractivity contribution in [3.05, 3.63) is 78.4 Å². The van der Waals surface area contributed by atoms with E-state index in [-0.39, 0.29) is 0 Å². The predicted molar refractivity (Wildman–Crippen MR) is 106 cm³/mol. The van der Waals surface area contributed by atoms with E-state index in [9.17, 15) is 5.11 Å². The number of aromatic nitrogens is 1. The topological polar surface area (TPSA) is 57.3 Å². The summed E-state index contributed by atoms with van der Waals surface area (Å²) in [5.74, 6) is 0.842. The van der Waals surface area contributed by atoms with E-state index in [4.69, 9.17) is 4.74 Å². The number of nitrogens with one attached hydrogen (secondary N) is 2. The van der Waals surface area contributed by atoms with E-state index in [0.29, 0.717) is 19.7 Å². The number of aliphatic hydroxyl groups is 1. The molecule has 0 fully saturated rings. The number of rotatable bonds is 7. The molecule has 1 heterocycles. The third-order valence-corrected chi connectivity index (χ3v) is 4.55. The van der Waals surface area contributed by atoms with E-state index >= 15 is 0 Å². The van der Waals surface area contributed by atoms with E-state index in [0.717, 1.165) is 22.3 Å². The van der Waals surface area contributed by atoms with Crippen LogP contribution in [0.25, 0.3) is 21.8 Å². The monoisotopic (exact) mass is 346 g/mol. The molecule has 0 saturated carbocycles. The number of fused-ring (bicyclic) bond motifs is 3. The molecule has 3 N–H and O–H groups in total. The van der Waals surface area contributed by atoms with Crippen LogP contribution in [0.5, 0.6) is 5.75 Å². The molecule has 4 rings (SSSR count). The van der Waals surface area contributed by atoms with Gasteiger partial charge in [-0.2, -0.15) is 0 Å². The van der Waals surface area contributed by atoms with Crippen molar-refractivity contribution in [3.8, 4) is 5.75 Å². The zero-order valence-corrected chi connectivity index (χ0v) is 14.5. The van der Waals surface area contributed by atoms with Crippen molar-refractivity contribution in [2.45, 2.75) is 6.10 Å². The Hall–Kier alpha value is -2.82. The van der Waals surface area contributed by atoms with Crippen LogP contribution >= 0.6 is 0 Å². The second kappa shape index (κ2) is 7.60. The van der Waals surface area contributed by atoms with Gasteiger partial charge in [-0.15, -0.1) is 0 Å². The summed E-state index contributed by atoms with van der Waals surface area (Å²) in [4.78, 5) is 3.42. The average Bonchev–Trinajstić information content (AvgIpc) is 3.06. The van der Waals surface area contributed by atoms with Gasteiger partial charge in [0.2, 0.25) is 0 Å². The van der Waals surface area contributed by atoms with Gasteiger partial charge in [-0.3, -0.25) is 0 Å². The lowest BCUT2D eigenvalue weighted by atomic mass is 10.1. The number of aliphatic hydroxyl groups excluding tert-OH is 1. The first-order valence-electron chi connectivity index (χ1n) is 8.88. The van der Waals surface area contributed by atoms with Gasteiger partial charge < -0.3 is 20.1 Å². The van der Waals surface area contributed by atoms with Gasteiger partial charge in [-0.25, -0.2) is 0 Å². The number of hydrogen-bond donors (Lipinski definition) is 3. The summed E-state index contributed by atoms with van der Waals surface area (Å²) in [5, 5.41) is 15.8. The fraction of sp³-hybridized carbons (Fsp3) is 0.182. The second-order valence-corrected chi connectivity index (χ2v) is 6.36. The summed E-state index contributed by atoms with van der Waals surface area (Å²) in [6.45, 7) is 1.73. The number of aromatic amines is 1. The van der Waals surface area contributed by atoms with Crippen LogP contribution in [0.2, 0.25) is 0 Å². The van der Waals surface area contributed by atoms with Crippen LogP contribution in [0.4, 0.5) is 0 Å². The van der Waals surface area contributed by atoms with Crippen molar-refractivity contribution in [1.82, 2.24) is 10.3 Å². The van der Waals surface area contributed by atoms with Gasteiger partial charge in [0.1, 0.15) is 12.4 Å². The second-order valence-electron chi connectivity index (χ2n) is 6.36. The highest BCUT2D eigenvalue weighted by molar-refractivity contribution is 6.07. The minimum atomic E-state index is -0.501. The van der Waals surface area contributed by atoms with E-state index in [1.54, 1.807) is 0 Å². The van der Waals surface area contributed by atoms with Crippen molar-refractivity contribution >= 4 is 21.8 Å². The molecule has 4 nitrogen and oxygen atoms in total. The van der Waals surface area contributed by atoms with Gasteiger partial charge in [-0.1, -0.05) is 48.5 Å². The Bertz CT molecular complexity index is 995. The van der Waals surface area contributed by atoms with Gasteiger partial charge in [0.15, 0.2) is 0 Å². The summed E-state index contributed by atoms with van der Waals surface area (Å²) in [5.41, 5.74) is 3.14. The molecule has 132 valence electrons. The average molecular weight is 346 g/mol. The summed E-state index contributed by atoms with van der Waals surface area (Å²) < 4.78 is 5.83. The minimum Gasteiger partial charge on any atom is -0.492 e. The minimum absolute atomic E-state index is 0.501. The largest absolute Gasteiger partial charge is 0.492 e. The zero-order valence-electron chi connectivity index (χ0n) is 14.5. The molecule has 0 saturated heterocycles. The molecule has 26 heavy (non-hydrogen) atoms. The van der Waals surface area contributed by atoms with Gasteiger partial charge in [0.25, 0.3) is 0 Å². The summed E-state index contributed by atoms with van der Waals surface area (Å²) >= 11 is 0. The van der Waals surface area contributed by atoms with E-state index in [1.165, 1.54) is 10.8 Å². The Morgan fingerprint density at radius 1 is 0.885 bits per heavy atom. The summed E-state index contributed by atoms with van der Waals surface area (Å²) in [6, 6.07) is 24.1. The van der Waals surface area contributed by atoms with Crippen molar-refractivity contribution in [1.29, 1.82) is 0 Å². The lowest BCUT2D eigenvalue weighted by Crippen LogP contribution is -2.26. The smallest absolute Gasteiger partial charge is 0.121 e. The molecule has 0 spiro atoms. The van der Waals surface area contributed by atoms with Crippen LogP contribution in [0.15, 0.2) is 72.8 Å². The molecular weight excluding hydrogens is 324 g/mol. The molecule has 1 unspecified atom stereocenters. The molecule has 3 aromatic carbocycles. The van der Waals surface area contributed by atoms with Crippen LogP contribution in [-0.4, -0.2) is 29.8 Å². The van der Waals surface area contributed by atoms with E-state index < -0.39 is 6.10 Å². The maximum Gasteiger partial charge on any atom is 0.121 e. The normalized spacial score (nSPS) is 12.5. The highest BCUT2D eigenvalue weighted by Gasteiger charge is 2.06. The lowest BCUT2D eigenvalue weighted by molar-refractivity contribution is 0.172. The molecule has 4 aromatic rings. The highest BCUT2D eigenvalue weighted by Crippen LogP contribution is 2.28. The van der Waals surface area contributed by atoms with Crippen LogP contribution in [0.3, 0.4) is 0 Å². The Morgan fingerprint density at radius 2 is 1.65 bits per heavy atom. The number of hydrogen-bond acceptors (Lipinski definition) is 3. The van der Waals surface area contributed by atoms with Crippen molar-refractivity contribution in [2.24, 2.45) is 0 Å². The molecular formula is C22H22N2O2. The van der Waals surface area contributed by atoms with Gasteiger partial charge in [0, 0.05) is 35.4 Å². The molecule has 0 aliphatic carbocycles. The number of para-hydroxylation sites is 1. The Labute approximate surface area is 152 Å². The zero-order chi connectivity index (χ0) is 17.8. The third-order valence-electron chi connectivity index (χ3n) is 4.55. The molecule has 0 radical (unpaired) electrons. The fourth-order valence-corrected chi connectivity index (χ4v) is 3.20. The molecule has 0 aliphatic heterocycles. The quantitative estimate of drug-likeness (QED) is 0.443. The Balaban J connectivity index is 1.30. The maximum absolute atomic E-state index is 10.1. The molecule has 1 atom stereocenters. The summed E-state index contributed by atoms with van der Waals surface area (Å²) in [7, 11) is 0. The molecule has 0 bridgehead atoms. The highest BCUT2D eigenvalue weighted by atomic mass is 16.5. The van der Waals surface area contributed by atoms with Gasteiger partial charge in [-0.05, 0) is 23.8 Å². The predicted octanol–water partition coefficient (Wildman–Crippen LogP) is 4.02. The Kier molecular flexibility index (Phi) is 4.86. The molecule has 0 amide bonds. The van der Waals surface area contributed by atoms with E-state index in [1.807, 2.05) is 48.5 Å². The molecule has 1 aromatic heterocycles. The van der Waals surface area contributed by atoms with Crippen molar-refractivity contribution in [3.63, 3.8) is 0 Å². The third kappa shape index (κ3) is 3.57. The molecule has 0 aliphatic rings. The van der Waals surface area contributed by atoms with Crippen LogP contribution in [0, 0.1) is 0 Å². The van der Waals surface area contributed by atoms with Crippen LogP contribution in [0.1, 0.15) is 11.7 Å². The summed E-state index contributed by atoms with van der Waals surface area (Å²) in [6.07, 6.45) is -0.501. The molecule has 4 heteroatoms. The lowest BCUT2D eigenvalue weighted by Gasteiger charge is -2.12. The van der Waals surface area contributed by atoms with Crippen molar-refractivity contribution < 1.29 is 9.84 Å². The van der Waals surface area contributed by atoms with Crippen LogP contribution < -0.4 is 10.1 Å². The van der Waals surface area contributed by atoms with Crippen LogP contribution in [-0.2, 0) is 0 Å². The number of H-pyrrole nitrogens is 1. The fourth-order valence-electron chi connectivity index (χ4n) is 3.20. The number of ether oxygens (including phenoxy) is 1. The van der Waals surface area contributed by atoms with Crippen molar-refractivity contribution in [2.75, 3.05) is 19.7 Å².